The number of carbonyl (C=O) groups excluding carboxylic acids is 6. The van der Waals surface area contributed by atoms with Crippen LogP contribution in [0.2, 0.25) is 0 Å². The van der Waals surface area contributed by atoms with E-state index in [-0.39, 0.29) is 73.5 Å². The molecule has 0 unspecified atom stereocenters. The van der Waals surface area contributed by atoms with Crippen molar-refractivity contribution in [2.45, 2.75) is 62.6 Å². The molecule has 0 fully saturated rings. The summed E-state index contributed by atoms with van der Waals surface area (Å²) in [6.45, 7) is 0. The first-order valence-electron chi connectivity index (χ1n) is 30.8. The van der Waals surface area contributed by atoms with Crippen molar-refractivity contribution in [2.24, 2.45) is 0 Å². The zero-order valence-electron chi connectivity index (χ0n) is 50.9. The van der Waals surface area contributed by atoms with Crippen LogP contribution in [0, 0.1) is 0 Å². The lowest BCUT2D eigenvalue weighted by Crippen LogP contribution is -2.45. The number of aromatic nitrogens is 3. The normalized spacial score (nSPS) is 12.2. The van der Waals surface area contributed by atoms with Gasteiger partial charge < -0.3 is 62.2 Å². The maximum atomic E-state index is 14.3. The van der Waals surface area contributed by atoms with Crippen LogP contribution < -0.4 is 31.9 Å². The SMILES string of the molecule is O=C(Cc1c[nH]c2ccccc12)N[C@@H](Cc1ccc(O)cc1)C(=O)Nc1ccc(C(c2ccc(NC(=O)[C@H](Cc3ccc(O)cc3)NC(=O)Cc3c[nH]c4ccccc34)cc2)c2ccc(NC(=O)[C@H](Cc3ccc(O)cc3)NC(=O)Cc3c[nH]c4ccccc34)cc2)cc1. The summed E-state index contributed by atoms with van der Waals surface area (Å²) in [5.41, 5.74) is 10.9. The van der Waals surface area contributed by atoms with Gasteiger partial charge in [-0.25, -0.2) is 0 Å². The maximum Gasteiger partial charge on any atom is 0.247 e. The number of rotatable bonds is 24. The van der Waals surface area contributed by atoms with E-state index in [0.29, 0.717) is 17.1 Å². The zero-order valence-corrected chi connectivity index (χ0v) is 50.9. The lowest BCUT2D eigenvalue weighted by molar-refractivity contribution is -0.126. The van der Waals surface area contributed by atoms with Crippen molar-refractivity contribution in [1.29, 1.82) is 0 Å². The highest BCUT2D eigenvalue weighted by molar-refractivity contribution is 6.01. The summed E-state index contributed by atoms with van der Waals surface area (Å²) >= 11 is 0. The Kier molecular flexibility index (Phi) is 18.7. The predicted molar refractivity (Wildman–Crippen MR) is 363 cm³/mol. The van der Waals surface area contributed by atoms with Crippen LogP contribution in [0.25, 0.3) is 32.7 Å². The molecule has 9 aromatic carbocycles. The largest absolute Gasteiger partial charge is 0.508 e. The average molecular weight is 1250 g/mol. The number of H-pyrrole nitrogens is 3. The van der Waals surface area contributed by atoms with Crippen molar-refractivity contribution in [3.05, 3.63) is 287 Å². The molecule has 0 aliphatic rings. The Morgan fingerprint density at radius 2 is 0.574 bits per heavy atom. The summed E-state index contributed by atoms with van der Waals surface area (Å²) in [4.78, 5) is 93.7. The molecule has 18 heteroatoms. The zero-order chi connectivity index (χ0) is 65.1. The van der Waals surface area contributed by atoms with Crippen LogP contribution in [0.4, 0.5) is 17.1 Å². The number of amides is 6. The van der Waals surface area contributed by atoms with E-state index in [1.54, 1.807) is 91.4 Å². The highest BCUT2D eigenvalue weighted by Gasteiger charge is 2.27. The average Bonchev–Trinajstić information content (AvgIpc) is 0.937. The third kappa shape index (κ3) is 15.3. The van der Waals surface area contributed by atoms with E-state index >= 15 is 0 Å². The number of phenolic OH excluding ortho intramolecular Hbond substituents is 3. The highest BCUT2D eigenvalue weighted by Crippen LogP contribution is 2.35. The van der Waals surface area contributed by atoms with Crippen LogP contribution >= 0.6 is 0 Å². The highest BCUT2D eigenvalue weighted by atomic mass is 16.3. The predicted octanol–water partition coefficient (Wildman–Crippen LogP) is 11.2. The van der Waals surface area contributed by atoms with Crippen LogP contribution in [-0.2, 0) is 67.3 Å². The van der Waals surface area contributed by atoms with Crippen molar-refractivity contribution < 1.29 is 44.1 Å². The van der Waals surface area contributed by atoms with Crippen LogP contribution in [0.5, 0.6) is 17.2 Å². The van der Waals surface area contributed by atoms with E-state index in [2.05, 4.69) is 46.9 Å². The fraction of sp³-hybridized carbons (Fsp3) is 0.132. The number of anilines is 3. The summed E-state index contributed by atoms with van der Waals surface area (Å²) in [5, 5.41) is 50.7. The van der Waals surface area contributed by atoms with E-state index < -0.39 is 41.8 Å². The van der Waals surface area contributed by atoms with Crippen molar-refractivity contribution in [1.82, 2.24) is 30.9 Å². The molecule has 3 aromatic heterocycles. The second-order valence-electron chi connectivity index (χ2n) is 23.3. The molecule has 0 aliphatic carbocycles. The number of aromatic hydroxyl groups is 3. The van der Waals surface area contributed by atoms with Crippen molar-refractivity contribution in [3.8, 4) is 17.2 Å². The van der Waals surface area contributed by atoms with Gasteiger partial charge in [0.25, 0.3) is 0 Å². The minimum atomic E-state index is -0.998. The van der Waals surface area contributed by atoms with Crippen LogP contribution in [0.3, 0.4) is 0 Å². The van der Waals surface area contributed by atoms with E-state index in [0.717, 1.165) is 82.8 Å². The van der Waals surface area contributed by atoms with Gasteiger partial charge in [0.2, 0.25) is 35.4 Å². The molecule has 6 amide bonds. The first-order chi connectivity index (χ1) is 45.7. The summed E-state index contributed by atoms with van der Waals surface area (Å²) < 4.78 is 0. The van der Waals surface area contributed by atoms with Crippen LogP contribution in [-0.4, -0.2) is 83.8 Å². The smallest absolute Gasteiger partial charge is 0.247 e. The van der Waals surface area contributed by atoms with Gasteiger partial charge >= 0.3 is 0 Å². The monoisotopic (exact) mass is 1250 g/mol. The number of para-hydroxylation sites is 3. The van der Waals surface area contributed by atoms with Crippen molar-refractivity contribution >= 4 is 85.2 Å². The summed E-state index contributed by atoms with van der Waals surface area (Å²) in [6.07, 6.45) is 5.86. The van der Waals surface area contributed by atoms with E-state index in [1.165, 1.54) is 36.4 Å². The second kappa shape index (κ2) is 28.3. The summed E-state index contributed by atoms with van der Waals surface area (Å²) in [5.74, 6) is -2.71. The van der Waals surface area contributed by atoms with Gasteiger partial charge in [-0.3, -0.25) is 28.8 Å². The van der Waals surface area contributed by atoms with Crippen LogP contribution in [0.1, 0.15) is 56.0 Å². The lowest BCUT2D eigenvalue weighted by atomic mass is 9.85. The topological polar surface area (TPSA) is 283 Å². The van der Waals surface area contributed by atoms with E-state index in [4.69, 9.17) is 0 Å². The Labute approximate surface area is 540 Å². The molecule has 12 N–H and O–H groups in total. The molecule has 0 spiro atoms. The molecule has 0 aliphatic heterocycles. The number of fused-ring (bicyclic) bond motifs is 3. The molecule has 94 heavy (non-hydrogen) atoms. The molecule has 12 aromatic rings. The number of carbonyl (C=O) groups is 6. The Bertz CT molecular complexity index is 4200. The molecule has 18 nitrogen and oxygen atoms in total. The maximum absolute atomic E-state index is 14.3. The molecule has 0 saturated carbocycles. The molecule has 3 atom stereocenters. The van der Waals surface area contributed by atoms with Crippen molar-refractivity contribution in [3.63, 3.8) is 0 Å². The minimum Gasteiger partial charge on any atom is -0.508 e. The number of hydrogen-bond donors (Lipinski definition) is 12. The van der Waals surface area contributed by atoms with Gasteiger partial charge in [-0.1, -0.05) is 127 Å². The fourth-order valence-corrected chi connectivity index (χ4v) is 11.9. The molecule has 3 heterocycles. The van der Waals surface area contributed by atoms with Gasteiger partial charge in [-0.05, 0) is 141 Å². The van der Waals surface area contributed by atoms with E-state index in [1.807, 2.05) is 109 Å². The van der Waals surface area contributed by atoms with E-state index in [9.17, 15) is 44.1 Å². The molecule has 0 bridgehead atoms. The third-order valence-electron chi connectivity index (χ3n) is 16.7. The number of hydrogen-bond acceptors (Lipinski definition) is 9. The first-order valence-corrected chi connectivity index (χ1v) is 30.8. The molecular formula is C76H67N9O9. The Morgan fingerprint density at radius 1 is 0.319 bits per heavy atom. The summed E-state index contributed by atoms with van der Waals surface area (Å²) in [7, 11) is 0. The minimum absolute atomic E-state index is 0.0277. The van der Waals surface area contributed by atoms with Gasteiger partial charge in [0.1, 0.15) is 35.4 Å². The number of phenols is 3. The Morgan fingerprint density at radius 3 is 0.840 bits per heavy atom. The van der Waals surface area contributed by atoms with Gasteiger partial charge in [0, 0.05) is 93.5 Å². The van der Waals surface area contributed by atoms with Crippen molar-refractivity contribution in [2.75, 3.05) is 16.0 Å². The number of benzene rings is 9. The van der Waals surface area contributed by atoms with Gasteiger partial charge in [-0.15, -0.1) is 0 Å². The number of nitrogens with one attached hydrogen (secondary N) is 9. The van der Waals surface area contributed by atoms with Crippen LogP contribution in [0.15, 0.2) is 237 Å². The van der Waals surface area contributed by atoms with Gasteiger partial charge in [-0.2, -0.15) is 0 Å². The fourth-order valence-electron chi connectivity index (χ4n) is 11.9. The molecule has 0 saturated heterocycles. The molecule has 470 valence electrons. The second-order valence-corrected chi connectivity index (χ2v) is 23.3. The van der Waals surface area contributed by atoms with Gasteiger partial charge in [0.05, 0.1) is 19.3 Å². The Balaban J connectivity index is 0.798. The standard InChI is InChI=1S/C76H67N9O9/c86-58-31-13-46(14-32-58)37-67(83-70(89)40-52-43-77-64-10-4-1-7-61(52)64)74(92)80-55-25-19-49(20-26-55)73(50-21-27-56(28-22-50)81-75(93)68(38-47-15-33-59(87)34-16-47)84-71(90)41-53-44-78-65-11-5-2-8-62(53)65)51-23-29-57(30-24-51)82-76(94)69(39-48-17-35-60(88)36-18-48)85-72(91)42-54-45-79-66-12-6-3-9-63(54)66/h1-36,43-45,67-69,73,77-79,86-88H,37-42H2,(H,80,92)(H,81,93)(H,82,94)(H,83,89)(H,84,90)(H,85,91)/t67-,68-,69-/m0/s1. The molecular weight excluding hydrogens is 1180 g/mol. The lowest BCUT2D eigenvalue weighted by Gasteiger charge is -2.22. The number of aromatic amines is 3. The third-order valence-corrected chi connectivity index (χ3v) is 16.7. The quantitative estimate of drug-likeness (QED) is 0.0256. The summed E-state index contributed by atoms with van der Waals surface area (Å²) in [6, 6.07) is 61.3. The Hall–Kier alpha value is -12.2. The van der Waals surface area contributed by atoms with Gasteiger partial charge in [0.15, 0.2) is 0 Å². The molecule has 0 radical (unpaired) electrons. The molecule has 12 rings (SSSR count). The first kappa shape index (κ1) is 62.0.